The highest BCUT2D eigenvalue weighted by molar-refractivity contribution is 7.45. The summed E-state index contributed by atoms with van der Waals surface area (Å²) in [6.07, 6.45) is 45.1. The van der Waals surface area contributed by atoms with Crippen molar-refractivity contribution in [1.29, 1.82) is 0 Å². The van der Waals surface area contributed by atoms with Crippen molar-refractivity contribution in [3.8, 4) is 0 Å². The number of esters is 1. The summed E-state index contributed by atoms with van der Waals surface area (Å²) < 4.78 is 34.2. The van der Waals surface area contributed by atoms with Crippen molar-refractivity contribution in [3.63, 3.8) is 0 Å². The van der Waals surface area contributed by atoms with Crippen LogP contribution in [0.2, 0.25) is 0 Å². The fourth-order valence-electron chi connectivity index (χ4n) is 5.65. The van der Waals surface area contributed by atoms with Crippen LogP contribution < -0.4 is 4.89 Å². The Balaban J connectivity index is 4.49. The predicted octanol–water partition coefficient (Wildman–Crippen LogP) is 11.6. The van der Waals surface area contributed by atoms with Crippen LogP contribution in [-0.4, -0.2) is 75.3 Å². The zero-order valence-corrected chi connectivity index (χ0v) is 37.3. The van der Waals surface area contributed by atoms with Crippen LogP contribution >= 0.6 is 7.82 Å². The first-order valence-electron chi connectivity index (χ1n) is 22.2. The number of aliphatic hydroxyl groups excluding tert-OH is 1. The molecule has 10 heteroatoms. The van der Waals surface area contributed by atoms with Gasteiger partial charge in [0.05, 0.1) is 40.1 Å². The molecule has 0 heterocycles. The maximum atomic E-state index is 12.5. The van der Waals surface area contributed by atoms with Crippen LogP contribution in [0.1, 0.15) is 168 Å². The number of phosphoric ester groups is 1. The van der Waals surface area contributed by atoms with Crippen molar-refractivity contribution < 1.29 is 42.4 Å². The Morgan fingerprint density at radius 3 is 1.79 bits per heavy atom. The molecule has 0 saturated carbocycles. The average molecular weight is 810 g/mol. The number of carbonyl (C=O) groups is 1. The van der Waals surface area contributed by atoms with E-state index in [4.69, 9.17) is 18.5 Å². The Hall–Kier alpha value is -2.00. The number of ether oxygens (including phenoxy) is 2. The third-order valence-corrected chi connectivity index (χ3v) is 10.2. The van der Waals surface area contributed by atoms with E-state index in [1.54, 1.807) is 6.08 Å². The number of likely N-dealkylation sites (N-methyl/N-ethyl adjacent to an activating group) is 1. The number of allylic oxidation sites excluding steroid dienone is 8. The van der Waals surface area contributed by atoms with Gasteiger partial charge in [0, 0.05) is 6.42 Å². The zero-order chi connectivity index (χ0) is 41.4. The molecule has 0 rings (SSSR count). The fraction of sp³-hybridized carbons (Fsp3) is 0.761. The normalized spacial score (nSPS) is 14.8. The van der Waals surface area contributed by atoms with E-state index in [0.29, 0.717) is 23.9 Å². The van der Waals surface area contributed by atoms with E-state index in [-0.39, 0.29) is 26.2 Å². The molecule has 326 valence electrons. The Kier molecular flexibility index (Phi) is 37.1. The summed E-state index contributed by atoms with van der Waals surface area (Å²) in [6.45, 7) is 4.46. The monoisotopic (exact) mass is 810 g/mol. The Morgan fingerprint density at radius 1 is 0.679 bits per heavy atom. The maximum Gasteiger partial charge on any atom is 0.305 e. The molecular formula is C46H84NO8P. The van der Waals surface area contributed by atoms with Crippen molar-refractivity contribution in [2.45, 2.75) is 180 Å². The smallest absolute Gasteiger partial charge is 0.305 e. The molecule has 0 fully saturated rings. The van der Waals surface area contributed by atoms with E-state index < -0.39 is 26.0 Å². The summed E-state index contributed by atoms with van der Waals surface area (Å²) >= 11 is 0. The lowest BCUT2D eigenvalue weighted by Crippen LogP contribution is -2.37. The van der Waals surface area contributed by atoms with Crippen LogP contribution in [0.3, 0.4) is 0 Å². The average Bonchev–Trinajstić information content (AvgIpc) is 3.14. The molecule has 0 bridgehead atoms. The van der Waals surface area contributed by atoms with E-state index in [1.165, 1.54) is 103 Å². The first-order valence-corrected chi connectivity index (χ1v) is 23.6. The van der Waals surface area contributed by atoms with Gasteiger partial charge in [-0.15, -0.1) is 0 Å². The number of hydrogen-bond acceptors (Lipinski definition) is 8. The van der Waals surface area contributed by atoms with Crippen molar-refractivity contribution in [2.75, 3.05) is 47.5 Å². The number of nitrogens with zero attached hydrogens (tertiary/aromatic N) is 1. The Labute approximate surface area is 343 Å². The number of carbonyl (C=O) groups excluding carboxylic acids is 1. The summed E-state index contributed by atoms with van der Waals surface area (Å²) in [4.78, 5) is 24.8. The third-order valence-electron chi connectivity index (χ3n) is 9.23. The van der Waals surface area contributed by atoms with Gasteiger partial charge in [0.1, 0.15) is 19.8 Å². The molecule has 0 aliphatic heterocycles. The molecule has 0 aliphatic rings. The van der Waals surface area contributed by atoms with Crippen LogP contribution in [-0.2, 0) is 27.9 Å². The summed E-state index contributed by atoms with van der Waals surface area (Å²) in [5.74, 6) is -0.451. The molecule has 0 aromatic carbocycles. The van der Waals surface area contributed by atoms with Gasteiger partial charge in [-0.3, -0.25) is 9.36 Å². The molecule has 0 aromatic rings. The first-order chi connectivity index (χ1) is 27.0. The van der Waals surface area contributed by atoms with Gasteiger partial charge >= 0.3 is 5.97 Å². The van der Waals surface area contributed by atoms with Gasteiger partial charge in [-0.2, -0.15) is 0 Å². The van der Waals surface area contributed by atoms with Gasteiger partial charge in [-0.1, -0.05) is 140 Å². The van der Waals surface area contributed by atoms with E-state index in [2.05, 4.69) is 44.2 Å². The second kappa shape index (κ2) is 38.5. The molecule has 0 aromatic heterocycles. The number of unbranched alkanes of at least 4 members (excludes halogenated alkanes) is 17. The minimum absolute atomic E-state index is 0.00575. The highest BCUT2D eigenvalue weighted by atomic mass is 31.2. The number of phosphoric acid groups is 1. The van der Waals surface area contributed by atoms with Gasteiger partial charge in [-0.25, -0.2) is 0 Å². The van der Waals surface area contributed by atoms with Crippen LogP contribution in [0.15, 0.2) is 60.9 Å². The molecule has 0 radical (unpaired) electrons. The molecule has 0 spiro atoms. The van der Waals surface area contributed by atoms with Gasteiger partial charge in [0.15, 0.2) is 6.10 Å². The van der Waals surface area contributed by atoms with Gasteiger partial charge in [0.2, 0.25) is 0 Å². The minimum atomic E-state index is -4.56. The second-order valence-electron chi connectivity index (χ2n) is 16.0. The lowest BCUT2D eigenvalue weighted by atomic mass is 10.1. The van der Waals surface area contributed by atoms with E-state index in [1.807, 2.05) is 39.4 Å². The molecular weight excluding hydrogens is 725 g/mol. The second-order valence-corrected chi connectivity index (χ2v) is 17.4. The quantitative estimate of drug-likeness (QED) is 0.0124. The lowest BCUT2D eigenvalue weighted by molar-refractivity contribution is -0.870. The fourth-order valence-corrected chi connectivity index (χ4v) is 6.38. The highest BCUT2D eigenvalue weighted by Gasteiger charge is 2.19. The number of aliphatic hydroxyl groups is 1. The number of quaternary nitrogens is 1. The molecule has 1 N–H and O–H groups in total. The SMILES string of the molecule is CCCCCCCC/C=C\CCCCCC/C=C/O[C@H](COC(=O)CCCC(O)/C=C/C=C/C/C=C/CCCCCCCC)COP(=O)([O-])OCC[N+](C)(C)C. The third kappa shape index (κ3) is 41.6. The summed E-state index contributed by atoms with van der Waals surface area (Å²) in [5, 5.41) is 10.3. The topological polar surface area (TPSA) is 114 Å². The van der Waals surface area contributed by atoms with Gasteiger partial charge in [-0.05, 0) is 76.7 Å². The molecule has 0 aliphatic carbocycles. The summed E-state index contributed by atoms with van der Waals surface area (Å²) in [5.41, 5.74) is 0. The largest absolute Gasteiger partial charge is 0.756 e. The summed E-state index contributed by atoms with van der Waals surface area (Å²) in [7, 11) is 1.25. The van der Waals surface area contributed by atoms with Gasteiger partial charge < -0.3 is 33.0 Å². The van der Waals surface area contributed by atoms with E-state index >= 15 is 0 Å². The van der Waals surface area contributed by atoms with Gasteiger partial charge in [0.25, 0.3) is 7.82 Å². The summed E-state index contributed by atoms with van der Waals surface area (Å²) in [6, 6.07) is 0. The van der Waals surface area contributed by atoms with Crippen molar-refractivity contribution in [1.82, 2.24) is 0 Å². The minimum Gasteiger partial charge on any atom is -0.756 e. The van der Waals surface area contributed by atoms with Crippen LogP contribution in [0.4, 0.5) is 0 Å². The number of rotatable bonds is 40. The highest BCUT2D eigenvalue weighted by Crippen LogP contribution is 2.38. The van der Waals surface area contributed by atoms with Crippen LogP contribution in [0, 0.1) is 0 Å². The molecule has 0 saturated heterocycles. The molecule has 9 nitrogen and oxygen atoms in total. The predicted molar refractivity (Wildman–Crippen MR) is 232 cm³/mol. The lowest BCUT2D eigenvalue weighted by Gasteiger charge is -2.28. The van der Waals surface area contributed by atoms with E-state index in [9.17, 15) is 19.4 Å². The zero-order valence-electron chi connectivity index (χ0n) is 36.4. The van der Waals surface area contributed by atoms with Crippen molar-refractivity contribution in [3.05, 3.63) is 60.9 Å². The standard InChI is InChI=1S/C46H84NO8P/c1-6-8-10-12-14-16-18-20-21-22-24-26-28-30-32-34-40-52-45(43-55-56(50,51)54-41-39-47(3,4)5)42-53-46(49)38-35-37-44(48)36-33-31-29-27-25-23-19-17-15-13-11-9-7-2/h20-21,23,25,29,31,33-34,36,40,44-45,48H,6-19,22,24,26-28,30,32,35,37-39,41-43H2,1-5H3/b21-20-,25-23+,31-29+,36-33+,40-34+/t44?,45-/m1/s1. The van der Waals surface area contributed by atoms with Crippen molar-refractivity contribution >= 4 is 13.8 Å². The molecule has 56 heavy (non-hydrogen) atoms. The first kappa shape index (κ1) is 54.0. The number of hydrogen-bond donors (Lipinski definition) is 1. The van der Waals surface area contributed by atoms with E-state index in [0.717, 1.165) is 38.5 Å². The Morgan fingerprint density at radius 2 is 1.21 bits per heavy atom. The molecule has 2 unspecified atom stereocenters. The van der Waals surface area contributed by atoms with Crippen LogP contribution in [0.5, 0.6) is 0 Å². The molecule has 0 amide bonds. The van der Waals surface area contributed by atoms with Crippen molar-refractivity contribution in [2.24, 2.45) is 0 Å². The maximum absolute atomic E-state index is 12.5. The molecule has 3 atom stereocenters. The van der Waals surface area contributed by atoms with Crippen LogP contribution in [0.25, 0.3) is 0 Å². The Bertz CT molecular complexity index is 1100.